The summed E-state index contributed by atoms with van der Waals surface area (Å²) in [5.41, 5.74) is -1.99. The molecule has 7 heteroatoms. The van der Waals surface area contributed by atoms with Gasteiger partial charge in [-0.25, -0.2) is 0 Å². The second-order valence-corrected chi connectivity index (χ2v) is 4.04. The van der Waals surface area contributed by atoms with Crippen LogP contribution in [0.5, 0.6) is 0 Å². The van der Waals surface area contributed by atoms with Gasteiger partial charge in [0.05, 0.1) is 0 Å². The molecule has 0 radical (unpaired) electrons. The van der Waals surface area contributed by atoms with E-state index in [0.717, 1.165) is 0 Å². The van der Waals surface area contributed by atoms with Crippen LogP contribution in [0.4, 0.5) is 32.0 Å². The first-order chi connectivity index (χ1) is 8.51. The van der Waals surface area contributed by atoms with Gasteiger partial charge in [-0.15, -0.1) is 0 Å². The van der Waals surface area contributed by atoms with E-state index in [1.807, 2.05) is 0 Å². The second-order valence-electron chi connectivity index (χ2n) is 4.04. The zero-order chi connectivity index (χ0) is 14.8. The van der Waals surface area contributed by atoms with Crippen LogP contribution in [0.1, 0.15) is 5.56 Å². The number of hydrogen-bond donors (Lipinski definition) is 0. The van der Waals surface area contributed by atoms with Crippen molar-refractivity contribution in [3.8, 4) is 0 Å². The zero-order valence-corrected chi connectivity index (χ0v) is 10.1. The van der Waals surface area contributed by atoms with E-state index in [0.29, 0.717) is 5.69 Å². The lowest BCUT2D eigenvalue weighted by Gasteiger charge is -2.15. The second kappa shape index (κ2) is 5.14. The number of alkyl halides is 6. The van der Waals surface area contributed by atoms with E-state index < -0.39 is 17.9 Å². The Balaban J connectivity index is 3.17. The highest BCUT2D eigenvalue weighted by Gasteiger charge is 2.50. The molecule has 1 aromatic carbocycles. The van der Waals surface area contributed by atoms with E-state index in [4.69, 9.17) is 0 Å². The molecule has 0 aromatic heterocycles. The molecule has 0 aliphatic heterocycles. The van der Waals surface area contributed by atoms with Crippen LogP contribution in [-0.2, 0) is 0 Å². The molecule has 0 fully saturated rings. The minimum absolute atomic E-state index is 0.0967. The summed E-state index contributed by atoms with van der Waals surface area (Å²) >= 11 is 0. The topological polar surface area (TPSA) is 3.24 Å². The standard InChI is InChI=1S/C12H11F6N/c1-19(2)9-5-3-8(4-6-9)7-10(11(13,14)15)12(16,17)18/h3-7H,1-2H3. The van der Waals surface area contributed by atoms with Gasteiger partial charge in [-0.05, 0) is 23.8 Å². The van der Waals surface area contributed by atoms with E-state index in [2.05, 4.69) is 0 Å². The lowest BCUT2D eigenvalue weighted by Crippen LogP contribution is -2.25. The van der Waals surface area contributed by atoms with Crippen molar-refractivity contribution < 1.29 is 26.3 Å². The predicted octanol–water partition coefficient (Wildman–Crippen LogP) is 4.26. The van der Waals surface area contributed by atoms with E-state index in [1.54, 1.807) is 19.0 Å². The van der Waals surface area contributed by atoms with Crippen LogP contribution in [0.3, 0.4) is 0 Å². The third kappa shape index (κ3) is 4.18. The van der Waals surface area contributed by atoms with Crippen LogP contribution >= 0.6 is 0 Å². The van der Waals surface area contributed by atoms with Crippen molar-refractivity contribution in [3.05, 3.63) is 35.4 Å². The van der Waals surface area contributed by atoms with Crippen molar-refractivity contribution in [2.24, 2.45) is 0 Å². The normalized spacial score (nSPS) is 12.2. The molecule has 1 rings (SSSR count). The fourth-order valence-corrected chi connectivity index (χ4v) is 1.36. The highest BCUT2D eigenvalue weighted by Crippen LogP contribution is 2.39. The average Bonchev–Trinajstić information content (AvgIpc) is 2.23. The van der Waals surface area contributed by atoms with Crippen molar-refractivity contribution in [2.75, 3.05) is 19.0 Å². The van der Waals surface area contributed by atoms with E-state index in [9.17, 15) is 26.3 Å². The quantitative estimate of drug-likeness (QED) is 0.733. The maximum atomic E-state index is 12.3. The molecule has 106 valence electrons. The van der Waals surface area contributed by atoms with Gasteiger partial charge in [0.15, 0.2) is 0 Å². The first-order valence-electron chi connectivity index (χ1n) is 5.15. The largest absolute Gasteiger partial charge is 0.421 e. The van der Waals surface area contributed by atoms with Gasteiger partial charge < -0.3 is 4.90 Å². The molecule has 0 amide bonds. The molecule has 19 heavy (non-hydrogen) atoms. The van der Waals surface area contributed by atoms with Gasteiger partial charge in [0.25, 0.3) is 0 Å². The SMILES string of the molecule is CN(C)c1ccc(C=C(C(F)(F)F)C(F)(F)F)cc1. The highest BCUT2D eigenvalue weighted by molar-refractivity contribution is 5.59. The number of anilines is 1. The number of rotatable bonds is 2. The van der Waals surface area contributed by atoms with Gasteiger partial charge in [0.2, 0.25) is 0 Å². The summed E-state index contributed by atoms with van der Waals surface area (Å²) in [5.74, 6) is 0. The van der Waals surface area contributed by atoms with Crippen LogP contribution in [0.25, 0.3) is 6.08 Å². The Kier molecular flexibility index (Phi) is 4.17. The highest BCUT2D eigenvalue weighted by atomic mass is 19.4. The Morgan fingerprint density at radius 3 is 1.63 bits per heavy atom. The van der Waals surface area contributed by atoms with Crippen molar-refractivity contribution in [1.82, 2.24) is 0 Å². The van der Waals surface area contributed by atoms with Gasteiger partial charge in [-0.2, -0.15) is 26.3 Å². The Labute approximate surface area is 106 Å². The minimum Gasteiger partial charge on any atom is -0.378 e. The van der Waals surface area contributed by atoms with Gasteiger partial charge >= 0.3 is 12.4 Å². The summed E-state index contributed by atoms with van der Waals surface area (Å²) in [6.45, 7) is 0. The summed E-state index contributed by atoms with van der Waals surface area (Å²) in [4.78, 5) is 1.68. The van der Waals surface area contributed by atoms with Crippen molar-refractivity contribution in [2.45, 2.75) is 12.4 Å². The Morgan fingerprint density at radius 2 is 1.32 bits per heavy atom. The van der Waals surface area contributed by atoms with Crippen LogP contribution in [0.2, 0.25) is 0 Å². The van der Waals surface area contributed by atoms with Gasteiger partial charge in [0, 0.05) is 19.8 Å². The Hall–Kier alpha value is -1.66. The molecule has 0 aliphatic rings. The Morgan fingerprint density at radius 1 is 0.895 bits per heavy atom. The van der Waals surface area contributed by atoms with Crippen molar-refractivity contribution in [3.63, 3.8) is 0 Å². The fourth-order valence-electron chi connectivity index (χ4n) is 1.36. The monoisotopic (exact) mass is 283 g/mol. The average molecular weight is 283 g/mol. The maximum Gasteiger partial charge on any atom is 0.421 e. The van der Waals surface area contributed by atoms with Crippen LogP contribution in [0, 0.1) is 0 Å². The summed E-state index contributed by atoms with van der Waals surface area (Å²) < 4.78 is 73.9. The van der Waals surface area contributed by atoms with E-state index >= 15 is 0 Å². The lowest BCUT2D eigenvalue weighted by atomic mass is 10.1. The smallest absolute Gasteiger partial charge is 0.378 e. The van der Waals surface area contributed by atoms with Crippen LogP contribution < -0.4 is 4.90 Å². The van der Waals surface area contributed by atoms with Crippen molar-refractivity contribution in [1.29, 1.82) is 0 Å². The predicted molar refractivity (Wildman–Crippen MR) is 60.9 cm³/mol. The molecule has 0 spiro atoms. The van der Waals surface area contributed by atoms with Crippen molar-refractivity contribution >= 4 is 11.8 Å². The molecule has 0 saturated carbocycles. The first-order valence-corrected chi connectivity index (χ1v) is 5.15. The van der Waals surface area contributed by atoms with Crippen LogP contribution in [-0.4, -0.2) is 26.4 Å². The van der Waals surface area contributed by atoms with Crippen LogP contribution in [0.15, 0.2) is 29.8 Å². The van der Waals surface area contributed by atoms with Gasteiger partial charge in [-0.3, -0.25) is 0 Å². The maximum absolute atomic E-state index is 12.3. The number of benzene rings is 1. The molecule has 0 N–H and O–H groups in total. The van der Waals surface area contributed by atoms with Gasteiger partial charge in [0.1, 0.15) is 5.57 Å². The molecule has 0 heterocycles. The zero-order valence-electron chi connectivity index (χ0n) is 10.1. The molecular formula is C12H11F6N. The van der Waals surface area contributed by atoms with E-state index in [1.165, 1.54) is 24.3 Å². The summed E-state index contributed by atoms with van der Waals surface area (Å²) in [6, 6.07) is 5.28. The molecule has 0 bridgehead atoms. The summed E-state index contributed by atoms with van der Waals surface area (Å²) in [7, 11) is 3.42. The third-order valence-corrected chi connectivity index (χ3v) is 2.33. The Bertz CT molecular complexity index is 437. The number of halogens is 6. The summed E-state index contributed by atoms with van der Waals surface area (Å²) in [6.07, 6.45) is -10.8. The lowest BCUT2D eigenvalue weighted by molar-refractivity contribution is -0.170. The summed E-state index contributed by atoms with van der Waals surface area (Å²) in [5, 5.41) is 0. The molecule has 1 nitrogen and oxygen atoms in total. The minimum atomic E-state index is -5.43. The third-order valence-electron chi connectivity index (χ3n) is 2.33. The van der Waals surface area contributed by atoms with Gasteiger partial charge in [-0.1, -0.05) is 12.1 Å². The number of nitrogens with zero attached hydrogens (tertiary/aromatic N) is 1. The first kappa shape index (κ1) is 15.4. The number of hydrogen-bond acceptors (Lipinski definition) is 1. The fraction of sp³-hybridized carbons (Fsp3) is 0.333. The molecule has 0 atom stereocenters. The number of allylic oxidation sites excluding steroid dienone is 1. The molecule has 0 saturated heterocycles. The molecular weight excluding hydrogens is 272 g/mol. The molecule has 0 unspecified atom stereocenters. The van der Waals surface area contributed by atoms with E-state index in [-0.39, 0.29) is 11.6 Å². The molecule has 1 aromatic rings. The molecule has 0 aliphatic carbocycles.